The summed E-state index contributed by atoms with van der Waals surface area (Å²) in [6.45, 7) is 0. The van der Waals surface area contributed by atoms with E-state index in [1.165, 1.54) is 0 Å². The molecule has 1 aliphatic rings. The molecule has 3 rings (SSSR count). The Bertz CT molecular complexity index is 759. The fourth-order valence-corrected chi connectivity index (χ4v) is 2.60. The number of carboxylic acid groups (broad SMARTS) is 1. The van der Waals surface area contributed by atoms with Gasteiger partial charge in [-0.1, -0.05) is 41.4 Å². The van der Waals surface area contributed by atoms with Crippen molar-refractivity contribution in [2.24, 2.45) is 4.99 Å². The Kier molecular flexibility index (Phi) is 3.57. The Morgan fingerprint density at radius 1 is 1.14 bits per heavy atom. The molecule has 0 saturated carbocycles. The van der Waals surface area contributed by atoms with Gasteiger partial charge < -0.3 is 10.4 Å². The molecule has 0 amide bonds. The number of aliphatic imine (C=N–C) groups is 1. The molecular formula is C15H10Cl2N2O2. The lowest BCUT2D eigenvalue weighted by Crippen LogP contribution is -2.33. The first-order valence-corrected chi connectivity index (χ1v) is 6.94. The van der Waals surface area contributed by atoms with Gasteiger partial charge >= 0.3 is 5.97 Å². The van der Waals surface area contributed by atoms with Crippen molar-refractivity contribution in [3.05, 3.63) is 63.6 Å². The smallest absolute Gasteiger partial charge is 0.349 e. The molecule has 2 aromatic carbocycles. The standard InChI is InChI=1S/C15H10Cl2N2O2/c16-8-5-6-12-10(7-8)13(19-14(18-12)15(20)21)9-3-1-2-4-11(9)17/h1-7,14,18H,(H,20,21). The first-order valence-electron chi connectivity index (χ1n) is 6.18. The molecule has 6 heteroatoms. The lowest BCUT2D eigenvalue weighted by atomic mass is 9.98. The fraction of sp³-hybridized carbons (Fsp3) is 0.0667. The minimum Gasteiger partial charge on any atom is -0.478 e. The van der Waals surface area contributed by atoms with E-state index in [0.29, 0.717) is 27.0 Å². The summed E-state index contributed by atoms with van der Waals surface area (Å²) < 4.78 is 0. The van der Waals surface area contributed by atoms with Gasteiger partial charge in [-0.05, 0) is 24.3 Å². The van der Waals surface area contributed by atoms with Gasteiger partial charge in [-0.3, -0.25) is 0 Å². The number of rotatable bonds is 2. The maximum Gasteiger partial charge on any atom is 0.349 e. The lowest BCUT2D eigenvalue weighted by molar-refractivity contribution is -0.137. The van der Waals surface area contributed by atoms with Crippen molar-refractivity contribution in [2.75, 3.05) is 5.32 Å². The molecule has 4 nitrogen and oxygen atoms in total. The Labute approximate surface area is 131 Å². The summed E-state index contributed by atoms with van der Waals surface area (Å²) in [6, 6.07) is 12.3. The molecule has 1 heterocycles. The monoisotopic (exact) mass is 320 g/mol. The molecule has 1 aliphatic heterocycles. The molecule has 0 spiro atoms. The predicted molar refractivity (Wildman–Crippen MR) is 83.6 cm³/mol. The first-order chi connectivity index (χ1) is 10.1. The SMILES string of the molecule is O=C(O)C1N=C(c2ccccc2Cl)c2cc(Cl)ccc2N1. The Morgan fingerprint density at radius 3 is 2.62 bits per heavy atom. The van der Waals surface area contributed by atoms with E-state index >= 15 is 0 Å². The number of nitrogens with one attached hydrogen (secondary N) is 1. The Hall–Kier alpha value is -2.04. The zero-order valence-electron chi connectivity index (χ0n) is 10.7. The molecule has 1 atom stereocenters. The van der Waals surface area contributed by atoms with Crippen molar-refractivity contribution in [3.8, 4) is 0 Å². The number of anilines is 1. The van der Waals surface area contributed by atoms with Crippen LogP contribution < -0.4 is 5.32 Å². The second-order valence-electron chi connectivity index (χ2n) is 4.53. The van der Waals surface area contributed by atoms with Crippen LogP contribution in [-0.2, 0) is 4.79 Å². The summed E-state index contributed by atoms with van der Waals surface area (Å²) >= 11 is 12.2. The van der Waals surface area contributed by atoms with Gasteiger partial charge in [-0.15, -0.1) is 0 Å². The summed E-state index contributed by atoms with van der Waals surface area (Å²) in [6.07, 6.45) is -1.05. The average Bonchev–Trinajstić information content (AvgIpc) is 2.47. The summed E-state index contributed by atoms with van der Waals surface area (Å²) in [7, 11) is 0. The van der Waals surface area contributed by atoms with Crippen molar-refractivity contribution < 1.29 is 9.90 Å². The topological polar surface area (TPSA) is 61.7 Å². The van der Waals surface area contributed by atoms with Crippen LogP contribution in [0.5, 0.6) is 0 Å². The summed E-state index contributed by atoms with van der Waals surface area (Å²) in [4.78, 5) is 15.5. The van der Waals surface area contributed by atoms with Crippen molar-refractivity contribution in [1.29, 1.82) is 0 Å². The van der Waals surface area contributed by atoms with E-state index in [0.717, 1.165) is 5.56 Å². The first kappa shape index (κ1) is 13.9. The minimum atomic E-state index is -1.06. The van der Waals surface area contributed by atoms with Gasteiger partial charge in [0, 0.05) is 26.9 Å². The third kappa shape index (κ3) is 2.60. The van der Waals surface area contributed by atoms with Crippen LogP contribution in [0, 0.1) is 0 Å². The van der Waals surface area contributed by atoms with Crippen LogP contribution in [0.1, 0.15) is 11.1 Å². The highest BCUT2D eigenvalue weighted by Gasteiger charge is 2.26. The highest BCUT2D eigenvalue weighted by molar-refractivity contribution is 6.36. The van der Waals surface area contributed by atoms with Crippen LogP contribution in [0.2, 0.25) is 10.0 Å². The third-order valence-electron chi connectivity index (χ3n) is 3.15. The van der Waals surface area contributed by atoms with Crippen LogP contribution in [-0.4, -0.2) is 23.0 Å². The Morgan fingerprint density at radius 2 is 1.90 bits per heavy atom. The number of hydrogen-bond donors (Lipinski definition) is 2. The number of carbonyl (C=O) groups is 1. The second-order valence-corrected chi connectivity index (χ2v) is 5.38. The van der Waals surface area contributed by atoms with Crippen LogP contribution in [0.15, 0.2) is 47.5 Å². The van der Waals surface area contributed by atoms with E-state index in [9.17, 15) is 9.90 Å². The van der Waals surface area contributed by atoms with Gasteiger partial charge in [0.2, 0.25) is 6.17 Å². The predicted octanol–water partition coefficient (Wildman–Crippen LogP) is 3.67. The quantitative estimate of drug-likeness (QED) is 0.887. The fourth-order valence-electron chi connectivity index (χ4n) is 2.20. The summed E-state index contributed by atoms with van der Waals surface area (Å²) in [5, 5.41) is 13.1. The number of hydrogen-bond acceptors (Lipinski definition) is 3. The van der Waals surface area contributed by atoms with E-state index < -0.39 is 12.1 Å². The van der Waals surface area contributed by atoms with Crippen molar-refractivity contribution in [1.82, 2.24) is 0 Å². The zero-order chi connectivity index (χ0) is 15.0. The van der Waals surface area contributed by atoms with Crippen molar-refractivity contribution in [2.45, 2.75) is 6.17 Å². The van der Waals surface area contributed by atoms with Crippen LogP contribution in [0.4, 0.5) is 5.69 Å². The molecule has 106 valence electrons. The number of aliphatic carboxylic acids is 1. The minimum absolute atomic E-state index is 0.508. The molecule has 0 fully saturated rings. The van der Waals surface area contributed by atoms with E-state index in [-0.39, 0.29) is 0 Å². The third-order valence-corrected chi connectivity index (χ3v) is 3.71. The van der Waals surface area contributed by atoms with Gasteiger partial charge in [0.25, 0.3) is 0 Å². The van der Waals surface area contributed by atoms with E-state index in [1.54, 1.807) is 36.4 Å². The van der Waals surface area contributed by atoms with Crippen molar-refractivity contribution in [3.63, 3.8) is 0 Å². The van der Waals surface area contributed by atoms with Crippen LogP contribution >= 0.6 is 23.2 Å². The number of carboxylic acids is 1. The number of halogens is 2. The number of benzene rings is 2. The van der Waals surface area contributed by atoms with Gasteiger partial charge in [-0.25, -0.2) is 9.79 Å². The molecule has 2 aromatic rings. The highest BCUT2D eigenvalue weighted by atomic mass is 35.5. The second kappa shape index (κ2) is 5.39. The maximum atomic E-state index is 11.3. The van der Waals surface area contributed by atoms with E-state index in [1.807, 2.05) is 6.07 Å². The number of fused-ring (bicyclic) bond motifs is 1. The van der Waals surface area contributed by atoms with Crippen LogP contribution in [0.25, 0.3) is 0 Å². The maximum absolute atomic E-state index is 11.3. The van der Waals surface area contributed by atoms with E-state index in [4.69, 9.17) is 23.2 Å². The lowest BCUT2D eigenvalue weighted by Gasteiger charge is -2.24. The molecule has 2 N–H and O–H groups in total. The molecule has 0 aliphatic carbocycles. The van der Waals surface area contributed by atoms with E-state index in [2.05, 4.69) is 10.3 Å². The number of nitrogens with zero attached hydrogens (tertiary/aromatic N) is 1. The summed E-state index contributed by atoms with van der Waals surface area (Å²) in [5.41, 5.74) is 2.59. The van der Waals surface area contributed by atoms with Gasteiger partial charge in [0.05, 0.1) is 5.71 Å². The largest absolute Gasteiger partial charge is 0.478 e. The zero-order valence-corrected chi connectivity index (χ0v) is 12.2. The Balaban J connectivity index is 2.22. The van der Waals surface area contributed by atoms with Crippen LogP contribution in [0.3, 0.4) is 0 Å². The molecule has 21 heavy (non-hydrogen) atoms. The average molecular weight is 321 g/mol. The van der Waals surface area contributed by atoms with Gasteiger partial charge in [0.1, 0.15) is 0 Å². The van der Waals surface area contributed by atoms with Crippen molar-refractivity contribution >= 4 is 40.6 Å². The molecule has 0 bridgehead atoms. The molecule has 0 aromatic heterocycles. The normalized spacial score (nSPS) is 16.7. The molecule has 1 unspecified atom stereocenters. The molecule has 0 saturated heterocycles. The highest BCUT2D eigenvalue weighted by Crippen LogP contribution is 2.30. The molecular weight excluding hydrogens is 311 g/mol. The molecule has 0 radical (unpaired) electrons. The van der Waals surface area contributed by atoms with Gasteiger partial charge in [0.15, 0.2) is 0 Å². The van der Waals surface area contributed by atoms with Gasteiger partial charge in [-0.2, -0.15) is 0 Å². The summed E-state index contributed by atoms with van der Waals surface area (Å²) in [5.74, 6) is -1.06.